The number of urea groups is 1. The molecule has 0 aromatic heterocycles. The molecule has 3 rings (SSSR count). The number of amides is 2. The van der Waals surface area contributed by atoms with E-state index in [1.165, 1.54) is 11.1 Å². The van der Waals surface area contributed by atoms with Crippen LogP contribution >= 0.6 is 0 Å². The first-order valence-electron chi connectivity index (χ1n) is 6.98. The maximum atomic E-state index is 11.9. The standard InChI is InChI=1S/C15H20N2O2/c1-10(2)17-9-13(16-15(17)18)11-5-6-14-12(8-11)4-3-7-19-14/h5-6,8,10,13H,3-4,7,9H2,1-2H3,(H,16,18). The van der Waals surface area contributed by atoms with Crippen LogP contribution in [0.4, 0.5) is 4.79 Å². The Kier molecular flexibility index (Phi) is 3.09. The minimum absolute atomic E-state index is 0.0361. The van der Waals surface area contributed by atoms with Gasteiger partial charge in [0.25, 0.3) is 0 Å². The van der Waals surface area contributed by atoms with Gasteiger partial charge in [-0.3, -0.25) is 0 Å². The molecule has 1 saturated heterocycles. The van der Waals surface area contributed by atoms with Gasteiger partial charge < -0.3 is 15.0 Å². The van der Waals surface area contributed by atoms with Gasteiger partial charge in [-0.15, -0.1) is 0 Å². The van der Waals surface area contributed by atoms with E-state index in [2.05, 4.69) is 17.4 Å². The number of carbonyl (C=O) groups is 1. The molecule has 0 spiro atoms. The van der Waals surface area contributed by atoms with Crippen LogP contribution < -0.4 is 10.1 Å². The molecular weight excluding hydrogens is 240 g/mol. The second-order valence-electron chi connectivity index (χ2n) is 5.57. The summed E-state index contributed by atoms with van der Waals surface area (Å²) >= 11 is 0. The fourth-order valence-electron chi connectivity index (χ4n) is 2.79. The molecule has 4 heteroatoms. The van der Waals surface area contributed by atoms with Crippen LogP contribution in [0, 0.1) is 0 Å². The summed E-state index contributed by atoms with van der Waals surface area (Å²) in [6.45, 7) is 5.65. The predicted molar refractivity (Wildman–Crippen MR) is 73.4 cm³/mol. The number of aryl methyl sites for hydroxylation is 1. The van der Waals surface area contributed by atoms with Gasteiger partial charge in [0.15, 0.2) is 0 Å². The van der Waals surface area contributed by atoms with Gasteiger partial charge in [0.2, 0.25) is 0 Å². The van der Waals surface area contributed by atoms with Crippen molar-refractivity contribution in [1.29, 1.82) is 0 Å². The lowest BCUT2D eigenvalue weighted by molar-refractivity contribution is 0.206. The molecule has 2 amide bonds. The van der Waals surface area contributed by atoms with Gasteiger partial charge >= 0.3 is 6.03 Å². The van der Waals surface area contributed by atoms with Gasteiger partial charge in [-0.1, -0.05) is 6.07 Å². The Labute approximate surface area is 113 Å². The van der Waals surface area contributed by atoms with E-state index in [-0.39, 0.29) is 18.1 Å². The van der Waals surface area contributed by atoms with Gasteiger partial charge in [-0.2, -0.15) is 0 Å². The minimum Gasteiger partial charge on any atom is -0.493 e. The van der Waals surface area contributed by atoms with E-state index in [0.29, 0.717) is 0 Å². The zero-order valence-corrected chi connectivity index (χ0v) is 11.5. The topological polar surface area (TPSA) is 41.6 Å². The highest BCUT2D eigenvalue weighted by molar-refractivity contribution is 5.77. The monoisotopic (exact) mass is 260 g/mol. The Morgan fingerprint density at radius 3 is 3.00 bits per heavy atom. The summed E-state index contributed by atoms with van der Waals surface area (Å²) in [6, 6.07) is 6.66. The van der Waals surface area contributed by atoms with Gasteiger partial charge in [0.1, 0.15) is 5.75 Å². The molecule has 2 heterocycles. The number of hydrogen-bond donors (Lipinski definition) is 1. The van der Waals surface area contributed by atoms with Crippen molar-refractivity contribution < 1.29 is 9.53 Å². The fraction of sp³-hybridized carbons (Fsp3) is 0.533. The van der Waals surface area contributed by atoms with Crippen LogP contribution in [-0.4, -0.2) is 30.1 Å². The summed E-state index contributed by atoms with van der Waals surface area (Å²) in [5, 5.41) is 3.05. The third-order valence-corrected chi connectivity index (χ3v) is 3.90. The lowest BCUT2D eigenvalue weighted by Gasteiger charge is -2.20. The molecule has 2 aliphatic heterocycles. The number of hydrogen-bond acceptors (Lipinski definition) is 2. The quantitative estimate of drug-likeness (QED) is 0.887. The molecule has 4 nitrogen and oxygen atoms in total. The maximum absolute atomic E-state index is 11.9. The van der Waals surface area contributed by atoms with E-state index < -0.39 is 0 Å². The first-order valence-corrected chi connectivity index (χ1v) is 6.98. The summed E-state index contributed by atoms with van der Waals surface area (Å²) in [5.74, 6) is 1.00. The summed E-state index contributed by atoms with van der Waals surface area (Å²) < 4.78 is 5.62. The van der Waals surface area contributed by atoms with Crippen molar-refractivity contribution in [3.63, 3.8) is 0 Å². The number of nitrogens with zero attached hydrogens (tertiary/aromatic N) is 1. The van der Waals surface area contributed by atoms with Crippen LogP contribution in [0.2, 0.25) is 0 Å². The molecule has 0 aliphatic carbocycles. The molecule has 0 radical (unpaired) electrons. The van der Waals surface area contributed by atoms with E-state index in [1.54, 1.807) is 0 Å². The van der Waals surface area contributed by atoms with Crippen molar-refractivity contribution in [2.24, 2.45) is 0 Å². The van der Waals surface area contributed by atoms with Crippen LogP contribution in [0.3, 0.4) is 0 Å². The predicted octanol–water partition coefficient (Wildman–Crippen LogP) is 2.49. The van der Waals surface area contributed by atoms with Crippen molar-refractivity contribution in [2.75, 3.05) is 13.2 Å². The van der Waals surface area contributed by atoms with Crippen LogP contribution in [0.15, 0.2) is 18.2 Å². The molecule has 2 aliphatic rings. The number of ether oxygens (including phenoxy) is 1. The van der Waals surface area contributed by atoms with Crippen LogP contribution in [-0.2, 0) is 6.42 Å². The molecule has 19 heavy (non-hydrogen) atoms. The number of fused-ring (bicyclic) bond motifs is 1. The SMILES string of the molecule is CC(C)N1CC(c2ccc3c(c2)CCCO3)NC1=O. The first kappa shape index (κ1) is 12.3. The molecule has 1 atom stereocenters. The smallest absolute Gasteiger partial charge is 0.318 e. The highest BCUT2D eigenvalue weighted by Gasteiger charge is 2.31. The average Bonchev–Trinajstić information content (AvgIpc) is 2.80. The molecule has 1 unspecified atom stereocenters. The van der Waals surface area contributed by atoms with Crippen LogP contribution in [0.5, 0.6) is 5.75 Å². The van der Waals surface area contributed by atoms with Gasteiger partial charge in [0, 0.05) is 12.6 Å². The summed E-state index contributed by atoms with van der Waals surface area (Å²) in [7, 11) is 0. The van der Waals surface area contributed by atoms with Crippen molar-refractivity contribution in [3.05, 3.63) is 29.3 Å². The Balaban J connectivity index is 1.82. The van der Waals surface area contributed by atoms with Crippen molar-refractivity contribution >= 4 is 6.03 Å². The van der Waals surface area contributed by atoms with Crippen LogP contribution in [0.1, 0.15) is 37.4 Å². The van der Waals surface area contributed by atoms with E-state index in [4.69, 9.17) is 4.74 Å². The Morgan fingerprint density at radius 1 is 1.42 bits per heavy atom. The summed E-state index contributed by atoms with van der Waals surface area (Å²) in [6.07, 6.45) is 2.14. The molecule has 1 aromatic carbocycles. The third kappa shape index (κ3) is 2.27. The molecule has 0 saturated carbocycles. The third-order valence-electron chi connectivity index (χ3n) is 3.90. The molecule has 1 aromatic rings. The molecular formula is C15H20N2O2. The lowest BCUT2D eigenvalue weighted by atomic mass is 9.99. The highest BCUT2D eigenvalue weighted by atomic mass is 16.5. The van der Waals surface area contributed by atoms with E-state index in [1.807, 2.05) is 24.8 Å². The number of benzene rings is 1. The second-order valence-corrected chi connectivity index (χ2v) is 5.57. The van der Waals surface area contributed by atoms with Gasteiger partial charge in [-0.05, 0) is 49.9 Å². The number of nitrogens with one attached hydrogen (secondary N) is 1. The van der Waals surface area contributed by atoms with E-state index in [0.717, 1.165) is 31.7 Å². The van der Waals surface area contributed by atoms with Crippen molar-refractivity contribution in [3.8, 4) is 5.75 Å². The normalized spacial score (nSPS) is 22.2. The summed E-state index contributed by atoms with van der Waals surface area (Å²) in [5.41, 5.74) is 2.45. The lowest BCUT2D eigenvalue weighted by Crippen LogP contribution is -2.33. The molecule has 1 N–H and O–H groups in total. The van der Waals surface area contributed by atoms with E-state index >= 15 is 0 Å². The average molecular weight is 260 g/mol. The van der Waals surface area contributed by atoms with Gasteiger partial charge in [-0.25, -0.2) is 4.79 Å². The molecule has 0 bridgehead atoms. The van der Waals surface area contributed by atoms with Gasteiger partial charge in [0.05, 0.1) is 12.6 Å². The van der Waals surface area contributed by atoms with Crippen LogP contribution in [0.25, 0.3) is 0 Å². The first-order chi connectivity index (χ1) is 9.15. The highest BCUT2D eigenvalue weighted by Crippen LogP contribution is 2.29. The number of rotatable bonds is 2. The fourth-order valence-corrected chi connectivity index (χ4v) is 2.79. The summed E-state index contributed by atoms with van der Waals surface area (Å²) in [4.78, 5) is 13.8. The van der Waals surface area contributed by atoms with Crippen molar-refractivity contribution in [1.82, 2.24) is 10.2 Å². The zero-order valence-electron chi connectivity index (χ0n) is 11.5. The largest absolute Gasteiger partial charge is 0.493 e. The maximum Gasteiger partial charge on any atom is 0.318 e. The van der Waals surface area contributed by atoms with E-state index in [9.17, 15) is 4.79 Å². The Morgan fingerprint density at radius 2 is 2.26 bits per heavy atom. The second kappa shape index (κ2) is 4.76. The Bertz CT molecular complexity index is 499. The number of carbonyl (C=O) groups excluding carboxylic acids is 1. The molecule has 1 fully saturated rings. The molecule has 102 valence electrons. The Hall–Kier alpha value is -1.71. The van der Waals surface area contributed by atoms with Crippen molar-refractivity contribution in [2.45, 2.75) is 38.8 Å². The zero-order chi connectivity index (χ0) is 13.4. The minimum atomic E-state index is 0.0361.